The normalized spacial score (nSPS) is 22.5. The molecule has 5 heteroatoms. The predicted molar refractivity (Wildman–Crippen MR) is 93.3 cm³/mol. The first-order chi connectivity index (χ1) is 10.6. The topological polar surface area (TPSA) is 32.6 Å². The van der Waals surface area contributed by atoms with E-state index >= 15 is 0 Å². The van der Waals surface area contributed by atoms with Crippen molar-refractivity contribution in [1.29, 1.82) is 0 Å². The van der Waals surface area contributed by atoms with Gasteiger partial charge in [0.15, 0.2) is 0 Å². The van der Waals surface area contributed by atoms with Crippen LogP contribution < -0.4 is 0 Å². The Labute approximate surface area is 152 Å². The summed E-state index contributed by atoms with van der Waals surface area (Å²) in [6.45, 7) is 4.25. The van der Waals surface area contributed by atoms with Crippen LogP contribution in [0, 0.1) is 5.92 Å². The summed E-state index contributed by atoms with van der Waals surface area (Å²) in [5, 5.41) is 10.1. The average Bonchev–Trinajstić information content (AvgIpc) is 2.51. The van der Waals surface area contributed by atoms with Crippen LogP contribution >= 0.6 is 17.0 Å². The summed E-state index contributed by atoms with van der Waals surface area (Å²) >= 11 is -0.826. The van der Waals surface area contributed by atoms with E-state index in [2.05, 4.69) is 6.92 Å². The third-order valence-electron chi connectivity index (χ3n) is 3.85. The van der Waals surface area contributed by atoms with Crippen molar-refractivity contribution in [2.24, 2.45) is 10.9 Å². The average molecular weight is 420 g/mol. The van der Waals surface area contributed by atoms with Crippen LogP contribution in [0.2, 0.25) is 0 Å². The van der Waals surface area contributed by atoms with Gasteiger partial charge in [-0.25, -0.2) is 0 Å². The standard InChI is InChI=1S/C17H23NO.2ClH.Zr/c1-13-8-6-7-11-16(13)18-14(2)12-17(19)15-9-4-3-5-10-15;;;/h3-5,9-10,12-13,16,19H,6-8,11H2,1-2H3;2*1H;/q;;;+2/p-2/b17-12-,18-14?;;;. The van der Waals surface area contributed by atoms with E-state index in [0.29, 0.717) is 17.7 Å². The van der Waals surface area contributed by atoms with E-state index < -0.39 is 20.8 Å². The number of allylic oxidation sites excluding steroid dienone is 1. The molecule has 0 heterocycles. The second kappa shape index (κ2) is 11.4. The zero-order chi connectivity index (χ0) is 16.4. The van der Waals surface area contributed by atoms with Gasteiger partial charge in [0.05, 0.1) is 6.04 Å². The van der Waals surface area contributed by atoms with Crippen LogP contribution in [-0.4, -0.2) is 16.9 Å². The summed E-state index contributed by atoms with van der Waals surface area (Å²) in [4.78, 5) is 4.76. The molecule has 0 radical (unpaired) electrons. The summed E-state index contributed by atoms with van der Waals surface area (Å²) < 4.78 is 0. The van der Waals surface area contributed by atoms with Crippen molar-refractivity contribution in [2.75, 3.05) is 0 Å². The fourth-order valence-electron chi connectivity index (χ4n) is 2.68. The van der Waals surface area contributed by atoms with Gasteiger partial charge in [0, 0.05) is 17.4 Å². The first-order valence-electron chi connectivity index (χ1n) is 7.55. The number of aliphatic hydroxyl groups excluding tert-OH is 1. The number of halogens is 2. The Bertz CT molecular complexity index is 491. The quantitative estimate of drug-likeness (QED) is 0.473. The molecule has 120 valence electrons. The Balaban J connectivity index is 0.000000745. The van der Waals surface area contributed by atoms with Gasteiger partial charge in [-0.2, -0.15) is 0 Å². The number of benzene rings is 1. The molecule has 1 aromatic rings. The zero-order valence-corrected chi connectivity index (χ0v) is 17.1. The van der Waals surface area contributed by atoms with Gasteiger partial charge in [-0.05, 0) is 25.7 Å². The molecule has 2 rings (SSSR count). The molecule has 0 saturated heterocycles. The minimum absolute atomic E-state index is 0.297. The number of hydrogen-bond acceptors (Lipinski definition) is 2. The molecule has 1 saturated carbocycles. The number of rotatable bonds is 3. The van der Waals surface area contributed by atoms with Gasteiger partial charge < -0.3 is 5.11 Å². The molecule has 0 amide bonds. The molecular formula is C17H23Cl2NOZr. The van der Waals surface area contributed by atoms with Gasteiger partial charge in [0.2, 0.25) is 0 Å². The van der Waals surface area contributed by atoms with Crippen LogP contribution in [0.1, 0.15) is 45.1 Å². The van der Waals surface area contributed by atoms with Gasteiger partial charge in [-0.3, -0.25) is 4.99 Å². The fourth-order valence-corrected chi connectivity index (χ4v) is 2.68. The van der Waals surface area contributed by atoms with Crippen molar-refractivity contribution in [3.8, 4) is 0 Å². The molecule has 22 heavy (non-hydrogen) atoms. The molecule has 1 aliphatic carbocycles. The monoisotopic (exact) mass is 417 g/mol. The Morgan fingerprint density at radius 2 is 1.82 bits per heavy atom. The van der Waals surface area contributed by atoms with Crippen LogP contribution in [0.5, 0.6) is 0 Å². The van der Waals surface area contributed by atoms with E-state index in [4.69, 9.17) is 22.0 Å². The molecule has 1 aromatic carbocycles. The first-order valence-corrected chi connectivity index (χ1v) is 13.9. The van der Waals surface area contributed by atoms with E-state index in [1.165, 1.54) is 25.7 Å². The summed E-state index contributed by atoms with van der Waals surface area (Å²) in [6, 6.07) is 10.0. The Morgan fingerprint density at radius 3 is 2.41 bits per heavy atom. The van der Waals surface area contributed by atoms with E-state index in [1.54, 1.807) is 6.08 Å². The van der Waals surface area contributed by atoms with E-state index in [0.717, 1.165) is 11.3 Å². The summed E-state index contributed by atoms with van der Waals surface area (Å²) in [6.07, 6.45) is 6.84. The molecule has 0 aromatic heterocycles. The van der Waals surface area contributed by atoms with Crippen LogP contribution in [-0.2, 0) is 20.8 Å². The molecule has 1 N–H and O–H groups in total. The number of aliphatic hydroxyl groups is 1. The Kier molecular flexibility index (Phi) is 10.4. The maximum absolute atomic E-state index is 10.1. The van der Waals surface area contributed by atoms with Gasteiger partial charge in [-0.15, -0.1) is 0 Å². The molecule has 2 unspecified atom stereocenters. The van der Waals surface area contributed by atoms with Crippen LogP contribution in [0.15, 0.2) is 41.4 Å². The van der Waals surface area contributed by atoms with E-state index in [1.807, 2.05) is 37.3 Å². The van der Waals surface area contributed by atoms with Gasteiger partial charge >= 0.3 is 37.9 Å². The molecule has 1 fully saturated rings. The van der Waals surface area contributed by atoms with Crippen molar-refractivity contribution in [3.63, 3.8) is 0 Å². The summed E-state index contributed by atoms with van der Waals surface area (Å²) in [5.41, 5.74) is 1.76. The van der Waals surface area contributed by atoms with Crippen molar-refractivity contribution in [1.82, 2.24) is 0 Å². The Hall–Kier alpha value is -0.107. The van der Waals surface area contributed by atoms with Crippen LogP contribution in [0.25, 0.3) is 5.76 Å². The van der Waals surface area contributed by atoms with Crippen LogP contribution in [0.4, 0.5) is 0 Å². The summed E-state index contributed by atoms with van der Waals surface area (Å²) in [7, 11) is 9.87. The SMILES string of the molecule is CC(/C=C(\O)c1ccccc1)=NC1CCCCC1C.[Cl][Zr][Cl]. The minimum atomic E-state index is -0.826. The molecule has 1 aliphatic rings. The fraction of sp³-hybridized carbons (Fsp3) is 0.471. The third kappa shape index (κ3) is 7.44. The third-order valence-corrected chi connectivity index (χ3v) is 3.85. The number of aliphatic imine (C=N–C) groups is 1. The number of nitrogens with zero attached hydrogens (tertiary/aromatic N) is 1. The summed E-state index contributed by atoms with van der Waals surface area (Å²) in [5.74, 6) is 0.960. The predicted octanol–water partition coefficient (Wildman–Crippen LogP) is 6.00. The van der Waals surface area contributed by atoms with E-state index in [-0.39, 0.29) is 0 Å². The molecular weight excluding hydrogens is 396 g/mol. The molecule has 2 atom stereocenters. The second-order valence-electron chi connectivity index (χ2n) is 5.57. The van der Waals surface area contributed by atoms with Crippen molar-refractivity contribution in [2.45, 2.75) is 45.6 Å². The molecule has 0 bridgehead atoms. The van der Waals surface area contributed by atoms with E-state index in [9.17, 15) is 5.11 Å². The maximum atomic E-state index is 10.1. The molecule has 0 aliphatic heterocycles. The van der Waals surface area contributed by atoms with Gasteiger partial charge in [-0.1, -0.05) is 50.1 Å². The first kappa shape index (κ1) is 19.9. The van der Waals surface area contributed by atoms with Gasteiger partial charge in [0.1, 0.15) is 5.76 Å². The Morgan fingerprint density at radius 1 is 1.23 bits per heavy atom. The zero-order valence-electron chi connectivity index (χ0n) is 13.1. The second-order valence-corrected chi connectivity index (χ2v) is 9.30. The van der Waals surface area contributed by atoms with Crippen molar-refractivity contribution >= 4 is 28.5 Å². The van der Waals surface area contributed by atoms with Crippen molar-refractivity contribution < 1.29 is 26.0 Å². The molecule has 0 spiro atoms. The van der Waals surface area contributed by atoms with Crippen LogP contribution in [0.3, 0.4) is 0 Å². The van der Waals surface area contributed by atoms with Gasteiger partial charge in [0.25, 0.3) is 0 Å². The van der Waals surface area contributed by atoms with Crippen molar-refractivity contribution in [3.05, 3.63) is 42.0 Å². The molecule has 2 nitrogen and oxygen atoms in total. The number of hydrogen-bond donors (Lipinski definition) is 1.